The molecule has 164 valence electrons. The van der Waals surface area contributed by atoms with E-state index in [0.29, 0.717) is 35.8 Å². The molecule has 9 heteroatoms. The monoisotopic (exact) mass is 451 g/mol. The van der Waals surface area contributed by atoms with Crippen LogP contribution in [0.2, 0.25) is 0 Å². The quantitative estimate of drug-likeness (QED) is 0.225. The molecule has 1 amide bonds. The fraction of sp³-hybridized carbons (Fsp3) is 0.130. The van der Waals surface area contributed by atoms with Crippen molar-refractivity contribution in [3.63, 3.8) is 0 Å². The van der Waals surface area contributed by atoms with Crippen molar-refractivity contribution in [1.29, 1.82) is 0 Å². The summed E-state index contributed by atoms with van der Waals surface area (Å²) < 4.78 is 11.2. The minimum Gasteiger partial charge on any atom is -0.490 e. The van der Waals surface area contributed by atoms with E-state index >= 15 is 0 Å². The maximum absolute atomic E-state index is 12.4. The lowest BCUT2D eigenvalue weighted by Gasteiger charge is -2.11. The third-order valence-corrected chi connectivity index (χ3v) is 4.58. The number of rotatable bonds is 8. The molecule has 0 aromatic heterocycles. The Bertz CT molecular complexity index is 1100. The summed E-state index contributed by atoms with van der Waals surface area (Å²) in [5, 5.41) is 16.4. The van der Waals surface area contributed by atoms with Crippen LogP contribution < -0.4 is 20.1 Å². The molecular weight excluding hydrogens is 430 g/mol. The second kappa shape index (κ2) is 10.9. The Kier molecular flexibility index (Phi) is 7.71. The van der Waals surface area contributed by atoms with Crippen molar-refractivity contribution in [2.24, 2.45) is 0 Å². The first-order valence-corrected chi connectivity index (χ1v) is 10.1. The fourth-order valence-electron chi connectivity index (χ4n) is 2.76. The number of carbonyl (C=O) groups excluding carboxylic acids is 1. The van der Waals surface area contributed by atoms with Gasteiger partial charge in [0.1, 0.15) is 24.7 Å². The van der Waals surface area contributed by atoms with Crippen LogP contribution in [0.3, 0.4) is 0 Å². The van der Waals surface area contributed by atoms with Crippen LogP contribution in [0.4, 0.5) is 11.4 Å². The summed E-state index contributed by atoms with van der Waals surface area (Å²) in [6.07, 6.45) is 0. The average Bonchev–Trinajstić information content (AvgIpc) is 2.79. The second-order valence-corrected chi connectivity index (χ2v) is 7.11. The highest BCUT2D eigenvalue weighted by Gasteiger charge is 2.13. The number of benzene rings is 3. The third-order valence-electron chi connectivity index (χ3n) is 4.37. The number of para-hydroxylation sites is 1. The summed E-state index contributed by atoms with van der Waals surface area (Å²) in [4.78, 5) is 23.0. The van der Waals surface area contributed by atoms with E-state index in [4.69, 9.17) is 21.7 Å². The van der Waals surface area contributed by atoms with Gasteiger partial charge in [-0.3, -0.25) is 20.2 Å². The van der Waals surface area contributed by atoms with E-state index in [1.54, 1.807) is 43.3 Å². The molecule has 0 saturated heterocycles. The van der Waals surface area contributed by atoms with E-state index in [0.717, 1.165) is 5.75 Å². The standard InChI is InChI=1S/C23H21N3O5S/c1-16-7-10-18(15-21(16)26(28)29)24-23(32)25-22(27)17-8-11-20(12-9-17)31-14-13-30-19-5-3-2-4-6-19/h2-12,15H,13-14H2,1H3,(H2,24,25,27,32). The molecule has 3 aromatic rings. The molecule has 0 fully saturated rings. The van der Waals surface area contributed by atoms with Gasteiger partial charge in [-0.2, -0.15) is 0 Å². The van der Waals surface area contributed by atoms with Gasteiger partial charge in [0.25, 0.3) is 11.6 Å². The van der Waals surface area contributed by atoms with Crippen LogP contribution in [-0.4, -0.2) is 29.2 Å². The van der Waals surface area contributed by atoms with Crippen LogP contribution in [0.15, 0.2) is 72.8 Å². The third kappa shape index (κ3) is 6.51. The SMILES string of the molecule is Cc1ccc(NC(=S)NC(=O)c2ccc(OCCOc3ccccc3)cc2)cc1[N+](=O)[O-]. The van der Waals surface area contributed by atoms with E-state index in [9.17, 15) is 14.9 Å². The molecule has 0 atom stereocenters. The van der Waals surface area contributed by atoms with Crippen LogP contribution in [-0.2, 0) is 0 Å². The lowest BCUT2D eigenvalue weighted by atomic mass is 10.2. The predicted octanol–water partition coefficient (Wildman–Crippen LogP) is 4.49. The first kappa shape index (κ1) is 22.7. The molecule has 2 N–H and O–H groups in total. The van der Waals surface area contributed by atoms with Crippen molar-refractivity contribution < 1.29 is 19.2 Å². The molecule has 0 unspecified atom stereocenters. The summed E-state index contributed by atoms with van der Waals surface area (Å²) in [5.74, 6) is 0.960. The second-order valence-electron chi connectivity index (χ2n) is 6.70. The maximum Gasteiger partial charge on any atom is 0.274 e. The van der Waals surface area contributed by atoms with Crippen LogP contribution in [0.1, 0.15) is 15.9 Å². The van der Waals surface area contributed by atoms with Gasteiger partial charge in [0.15, 0.2) is 5.11 Å². The zero-order valence-corrected chi connectivity index (χ0v) is 18.1. The summed E-state index contributed by atoms with van der Waals surface area (Å²) in [6, 6.07) is 20.6. The number of thiocarbonyl (C=S) groups is 1. The van der Waals surface area contributed by atoms with Crippen LogP contribution in [0, 0.1) is 17.0 Å². The molecule has 0 spiro atoms. The highest BCUT2D eigenvalue weighted by atomic mass is 32.1. The lowest BCUT2D eigenvalue weighted by molar-refractivity contribution is -0.385. The molecule has 0 aliphatic rings. The normalized spacial score (nSPS) is 10.2. The first-order chi connectivity index (χ1) is 15.4. The van der Waals surface area contributed by atoms with Gasteiger partial charge in [-0.05, 0) is 61.6 Å². The number of anilines is 1. The van der Waals surface area contributed by atoms with Crippen LogP contribution >= 0.6 is 12.2 Å². The highest BCUT2D eigenvalue weighted by molar-refractivity contribution is 7.80. The Labute approximate surface area is 190 Å². The average molecular weight is 452 g/mol. The van der Waals surface area contributed by atoms with Gasteiger partial charge < -0.3 is 14.8 Å². The van der Waals surface area contributed by atoms with Crippen molar-refractivity contribution in [2.45, 2.75) is 6.92 Å². The zero-order chi connectivity index (χ0) is 22.9. The molecular formula is C23H21N3O5S. The number of nitrogens with one attached hydrogen (secondary N) is 2. The van der Waals surface area contributed by atoms with Crippen molar-refractivity contribution in [2.75, 3.05) is 18.5 Å². The van der Waals surface area contributed by atoms with E-state index in [2.05, 4.69) is 10.6 Å². The van der Waals surface area contributed by atoms with E-state index in [-0.39, 0.29) is 10.8 Å². The van der Waals surface area contributed by atoms with Gasteiger partial charge in [0.05, 0.1) is 4.92 Å². The molecule has 0 heterocycles. The number of carbonyl (C=O) groups is 1. The number of hydrogen-bond donors (Lipinski definition) is 2. The predicted molar refractivity (Wildman–Crippen MR) is 125 cm³/mol. The Morgan fingerprint density at radius 2 is 1.59 bits per heavy atom. The van der Waals surface area contributed by atoms with E-state index in [1.165, 1.54) is 6.07 Å². The molecule has 0 aliphatic carbocycles. The topological polar surface area (TPSA) is 103 Å². The first-order valence-electron chi connectivity index (χ1n) is 9.70. The van der Waals surface area contributed by atoms with Gasteiger partial charge in [-0.25, -0.2) is 0 Å². The molecule has 0 bridgehead atoms. The summed E-state index contributed by atoms with van der Waals surface area (Å²) in [7, 11) is 0. The molecule has 3 aromatic carbocycles. The van der Waals surface area contributed by atoms with Crippen LogP contribution in [0.25, 0.3) is 0 Å². The molecule has 32 heavy (non-hydrogen) atoms. The lowest BCUT2D eigenvalue weighted by Crippen LogP contribution is -2.34. The summed E-state index contributed by atoms with van der Waals surface area (Å²) >= 11 is 5.14. The van der Waals surface area contributed by atoms with Crippen LogP contribution in [0.5, 0.6) is 11.5 Å². The zero-order valence-electron chi connectivity index (χ0n) is 17.2. The Hall–Kier alpha value is -3.98. The number of nitrogens with zero attached hydrogens (tertiary/aromatic N) is 1. The van der Waals surface area contributed by atoms with Crippen molar-refractivity contribution >= 4 is 34.6 Å². The molecule has 0 aliphatic heterocycles. The van der Waals surface area contributed by atoms with Crippen molar-refractivity contribution in [3.8, 4) is 11.5 Å². The number of aryl methyl sites for hydroxylation is 1. The molecule has 3 rings (SSSR count). The molecule has 0 saturated carbocycles. The van der Waals surface area contributed by atoms with Gasteiger partial charge in [0, 0.05) is 22.9 Å². The fourth-order valence-corrected chi connectivity index (χ4v) is 2.97. The van der Waals surface area contributed by atoms with Gasteiger partial charge >= 0.3 is 0 Å². The van der Waals surface area contributed by atoms with Gasteiger partial charge in [-0.15, -0.1) is 0 Å². The van der Waals surface area contributed by atoms with E-state index in [1.807, 2.05) is 30.3 Å². The number of nitro benzene ring substituents is 1. The number of amides is 1. The Balaban J connectivity index is 1.47. The van der Waals surface area contributed by atoms with Crippen molar-refractivity contribution in [3.05, 3.63) is 94.0 Å². The smallest absolute Gasteiger partial charge is 0.274 e. The number of hydrogen-bond acceptors (Lipinski definition) is 6. The van der Waals surface area contributed by atoms with E-state index < -0.39 is 10.8 Å². The Morgan fingerprint density at radius 1 is 0.969 bits per heavy atom. The highest BCUT2D eigenvalue weighted by Crippen LogP contribution is 2.22. The number of nitro groups is 1. The number of ether oxygens (including phenoxy) is 2. The van der Waals surface area contributed by atoms with Gasteiger partial charge in [-0.1, -0.05) is 24.3 Å². The molecule has 8 nitrogen and oxygen atoms in total. The minimum atomic E-state index is -0.473. The minimum absolute atomic E-state index is 0.0334. The summed E-state index contributed by atoms with van der Waals surface area (Å²) in [5.41, 5.74) is 1.30. The van der Waals surface area contributed by atoms with Crippen molar-refractivity contribution in [1.82, 2.24) is 5.32 Å². The summed E-state index contributed by atoms with van der Waals surface area (Å²) in [6.45, 7) is 2.40. The maximum atomic E-state index is 12.4. The van der Waals surface area contributed by atoms with Gasteiger partial charge in [0.2, 0.25) is 0 Å². The Morgan fingerprint density at radius 3 is 2.22 bits per heavy atom. The molecule has 0 radical (unpaired) electrons. The largest absolute Gasteiger partial charge is 0.490 e.